The van der Waals surface area contributed by atoms with E-state index in [4.69, 9.17) is 15.2 Å². The Bertz CT molecular complexity index is 529. The van der Waals surface area contributed by atoms with Crippen molar-refractivity contribution in [2.75, 3.05) is 33.9 Å². The van der Waals surface area contributed by atoms with E-state index in [1.54, 1.807) is 14.2 Å². The minimum atomic E-state index is 0. The number of halogens is 2. The van der Waals surface area contributed by atoms with Gasteiger partial charge in [-0.2, -0.15) is 0 Å². The highest BCUT2D eigenvalue weighted by molar-refractivity contribution is 5.85. The van der Waals surface area contributed by atoms with E-state index in [0.29, 0.717) is 6.04 Å². The molecule has 0 bridgehead atoms. The molecule has 158 valence electrons. The number of benzene rings is 1. The Kier molecular flexibility index (Phi) is 14.0. The minimum Gasteiger partial charge on any atom is -0.493 e. The third kappa shape index (κ3) is 7.34. The number of hydrogen-bond acceptors (Lipinski definition) is 4. The van der Waals surface area contributed by atoms with Crippen LogP contribution < -0.4 is 15.2 Å². The molecule has 1 aliphatic carbocycles. The average molecular weight is 421 g/mol. The van der Waals surface area contributed by atoms with E-state index in [2.05, 4.69) is 24.0 Å². The van der Waals surface area contributed by atoms with Gasteiger partial charge < -0.3 is 20.1 Å². The van der Waals surface area contributed by atoms with Crippen molar-refractivity contribution in [1.82, 2.24) is 4.90 Å². The van der Waals surface area contributed by atoms with Crippen molar-refractivity contribution >= 4 is 24.8 Å². The van der Waals surface area contributed by atoms with E-state index in [0.717, 1.165) is 37.3 Å². The second-order valence-electron chi connectivity index (χ2n) is 7.07. The van der Waals surface area contributed by atoms with Gasteiger partial charge in [0.15, 0.2) is 11.5 Å². The van der Waals surface area contributed by atoms with Crippen LogP contribution in [0.25, 0.3) is 0 Å². The fraction of sp³-hybridized carbons (Fsp3) is 0.714. The normalized spacial score (nSPS) is 15.5. The van der Waals surface area contributed by atoms with E-state index >= 15 is 0 Å². The van der Waals surface area contributed by atoms with Gasteiger partial charge in [-0.05, 0) is 69.8 Å². The highest BCUT2D eigenvalue weighted by Gasteiger charge is 2.26. The predicted molar refractivity (Wildman–Crippen MR) is 119 cm³/mol. The summed E-state index contributed by atoms with van der Waals surface area (Å²) in [5.41, 5.74) is 8.37. The zero-order valence-corrected chi connectivity index (χ0v) is 18.8. The lowest BCUT2D eigenvalue weighted by Crippen LogP contribution is -2.40. The van der Waals surface area contributed by atoms with Crippen LogP contribution in [0.1, 0.15) is 56.6 Å². The van der Waals surface area contributed by atoms with E-state index in [-0.39, 0.29) is 24.8 Å². The molecule has 1 aromatic carbocycles. The molecule has 2 N–H and O–H groups in total. The average Bonchev–Trinajstić information content (AvgIpc) is 2.65. The molecule has 4 nitrogen and oxygen atoms in total. The first-order valence-corrected chi connectivity index (χ1v) is 9.92. The first kappa shape index (κ1) is 26.3. The first-order valence-electron chi connectivity index (χ1n) is 9.92. The van der Waals surface area contributed by atoms with Gasteiger partial charge >= 0.3 is 0 Å². The molecule has 1 aliphatic rings. The predicted octanol–water partition coefficient (Wildman–Crippen LogP) is 4.64. The summed E-state index contributed by atoms with van der Waals surface area (Å²) in [6.07, 6.45) is 9.64. The molecule has 0 aromatic heterocycles. The summed E-state index contributed by atoms with van der Waals surface area (Å²) in [6, 6.07) is 4.94. The van der Waals surface area contributed by atoms with Crippen LogP contribution in [0.15, 0.2) is 12.1 Å². The minimum absolute atomic E-state index is 0. The summed E-state index contributed by atoms with van der Waals surface area (Å²) in [6.45, 7) is 5.52. The van der Waals surface area contributed by atoms with E-state index in [9.17, 15) is 0 Å². The highest BCUT2D eigenvalue weighted by Crippen LogP contribution is 2.38. The summed E-state index contributed by atoms with van der Waals surface area (Å²) in [7, 11) is 3.46. The Hall–Kier alpha value is -0.680. The van der Waals surface area contributed by atoms with Crippen molar-refractivity contribution in [1.29, 1.82) is 0 Å². The fourth-order valence-electron chi connectivity index (χ4n) is 4.05. The van der Waals surface area contributed by atoms with Crippen molar-refractivity contribution in [2.24, 2.45) is 5.73 Å². The van der Waals surface area contributed by atoms with Crippen LogP contribution in [-0.4, -0.2) is 44.8 Å². The molecule has 6 heteroatoms. The van der Waals surface area contributed by atoms with Crippen LogP contribution in [0, 0.1) is 0 Å². The van der Waals surface area contributed by atoms with E-state index < -0.39 is 0 Å². The monoisotopic (exact) mass is 420 g/mol. The standard InChI is InChI=1S/C21H36N2O2.2ClH/c1-4-14-23(15-8-6-5-7-13-22)18-10-11-19-17(16-18)9-12-20(24-2)21(19)25-3;;/h9,12,18H,4-8,10-11,13-16,22H2,1-3H3;2*1H. The zero-order valence-electron chi connectivity index (χ0n) is 17.2. The van der Waals surface area contributed by atoms with Gasteiger partial charge in [-0.25, -0.2) is 0 Å². The van der Waals surface area contributed by atoms with E-state index in [1.807, 2.05) is 0 Å². The molecule has 0 spiro atoms. The zero-order chi connectivity index (χ0) is 18.1. The summed E-state index contributed by atoms with van der Waals surface area (Å²) in [5.74, 6) is 1.78. The van der Waals surface area contributed by atoms with Crippen LogP contribution in [0.4, 0.5) is 0 Å². The van der Waals surface area contributed by atoms with Crippen molar-refractivity contribution < 1.29 is 9.47 Å². The van der Waals surface area contributed by atoms with Gasteiger partial charge in [-0.3, -0.25) is 0 Å². The molecule has 0 radical (unpaired) electrons. The third-order valence-corrected chi connectivity index (χ3v) is 5.36. The number of nitrogens with two attached hydrogens (primary N) is 1. The van der Waals surface area contributed by atoms with Gasteiger partial charge in [-0.1, -0.05) is 25.8 Å². The van der Waals surface area contributed by atoms with Gasteiger partial charge in [0.2, 0.25) is 0 Å². The molecule has 0 heterocycles. The summed E-state index contributed by atoms with van der Waals surface area (Å²) in [5, 5.41) is 0. The van der Waals surface area contributed by atoms with E-state index in [1.165, 1.54) is 56.3 Å². The van der Waals surface area contributed by atoms with Crippen LogP contribution in [-0.2, 0) is 12.8 Å². The van der Waals surface area contributed by atoms with Gasteiger partial charge in [0.1, 0.15) is 0 Å². The van der Waals surface area contributed by atoms with Crippen LogP contribution in [0.5, 0.6) is 11.5 Å². The second-order valence-corrected chi connectivity index (χ2v) is 7.07. The van der Waals surface area contributed by atoms with Crippen molar-refractivity contribution in [3.63, 3.8) is 0 Å². The number of fused-ring (bicyclic) bond motifs is 1. The third-order valence-electron chi connectivity index (χ3n) is 5.36. The molecule has 0 saturated carbocycles. The maximum Gasteiger partial charge on any atom is 0.164 e. The van der Waals surface area contributed by atoms with Crippen molar-refractivity contribution in [2.45, 2.75) is 64.3 Å². The Morgan fingerprint density at radius 1 is 1.04 bits per heavy atom. The molecule has 1 aromatic rings. The Balaban J connectivity index is 0.00000338. The topological polar surface area (TPSA) is 47.7 Å². The number of rotatable bonds is 11. The molecule has 0 fully saturated rings. The molecule has 27 heavy (non-hydrogen) atoms. The molecule has 0 aliphatic heterocycles. The molecular formula is C21H38Cl2N2O2. The fourth-order valence-corrected chi connectivity index (χ4v) is 4.05. The maximum absolute atomic E-state index is 5.63. The highest BCUT2D eigenvalue weighted by atomic mass is 35.5. The molecule has 2 rings (SSSR count). The van der Waals surface area contributed by atoms with Gasteiger partial charge in [0, 0.05) is 11.6 Å². The molecule has 1 atom stereocenters. The van der Waals surface area contributed by atoms with Crippen LogP contribution in [0.3, 0.4) is 0 Å². The molecular weight excluding hydrogens is 383 g/mol. The number of nitrogens with zero attached hydrogens (tertiary/aromatic N) is 1. The van der Waals surface area contributed by atoms with Crippen LogP contribution >= 0.6 is 24.8 Å². The largest absolute Gasteiger partial charge is 0.493 e. The van der Waals surface area contributed by atoms with Crippen molar-refractivity contribution in [3.05, 3.63) is 23.3 Å². The summed E-state index contributed by atoms with van der Waals surface area (Å²) < 4.78 is 11.1. The Morgan fingerprint density at radius 2 is 1.78 bits per heavy atom. The Morgan fingerprint density at radius 3 is 2.41 bits per heavy atom. The summed E-state index contributed by atoms with van der Waals surface area (Å²) in [4.78, 5) is 2.71. The maximum atomic E-state index is 5.63. The van der Waals surface area contributed by atoms with Gasteiger partial charge in [0.05, 0.1) is 14.2 Å². The Labute approximate surface area is 178 Å². The lowest BCUT2D eigenvalue weighted by molar-refractivity contribution is 0.175. The number of unbranched alkanes of at least 4 members (excludes halogenated alkanes) is 3. The SMILES string of the molecule is CCCN(CCCCCCN)C1CCc2c(ccc(OC)c2OC)C1.Cl.Cl. The van der Waals surface area contributed by atoms with Gasteiger partial charge in [-0.15, -0.1) is 24.8 Å². The number of hydrogen-bond donors (Lipinski definition) is 1. The first-order chi connectivity index (χ1) is 12.2. The van der Waals surface area contributed by atoms with Crippen LogP contribution in [0.2, 0.25) is 0 Å². The van der Waals surface area contributed by atoms with Crippen molar-refractivity contribution in [3.8, 4) is 11.5 Å². The molecule has 0 saturated heterocycles. The lowest BCUT2D eigenvalue weighted by Gasteiger charge is -2.36. The summed E-state index contributed by atoms with van der Waals surface area (Å²) >= 11 is 0. The number of methoxy groups -OCH3 is 2. The molecule has 0 amide bonds. The second kappa shape index (κ2) is 14.3. The quantitative estimate of drug-likeness (QED) is 0.529. The smallest absolute Gasteiger partial charge is 0.164 e. The number of ether oxygens (including phenoxy) is 2. The lowest BCUT2D eigenvalue weighted by atomic mass is 9.86. The van der Waals surface area contributed by atoms with Gasteiger partial charge in [0.25, 0.3) is 0 Å². The molecule has 1 unspecified atom stereocenters.